The SMILES string of the molecule is CCOc1cc(/C(O)=C2\C(=O)C(=O)N(c3ccc(C(C)C)cc3)C2c2c[nH]c3ccccc23)ccc1Cl. The lowest BCUT2D eigenvalue weighted by molar-refractivity contribution is -0.132. The molecule has 2 N–H and O–H groups in total. The average Bonchev–Trinajstić information content (AvgIpc) is 3.43. The Bertz CT molecular complexity index is 1530. The predicted octanol–water partition coefficient (Wildman–Crippen LogP) is 6.97. The van der Waals surface area contributed by atoms with E-state index >= 15 is 0 Å². The molecule has 0 radical (unpaired) electrons. The van der Waals surface area contributed by atoms with Crippen LogP contribution in [0.1, 0.15) is 49.4 Å². The van der Waals surface area contributed by atoms with Gasteiger partial charge in [0.15, 0.2) is 0 Å². The maximum Gasteiger partial charge on any atom is 0.300 e. The summed E-state index contributed by atoms with van der Waals surface area (Å²) in [7, 11) is 0. The second-order valence-electron chi connectivity index (χ2n) is 9.28. The van der Waals surface area contributed by atoms with E-state index in [0.29, 0.717) is 40.1 Å². The van der Waals surface area contributed by atoms with Crippen molar-refractivity contribution in [3.63, 3.8) is 0 Å². The Hall–Kier alpha value is -4.03. The molecule has 1 aliphatic rings. The number of para-hydroxylation sites is 1. The minimum atomic E-state index is -0.840. The Morgan fingerprint density at radius 2 is 1.81 bits per heavy atom. The van der Waals surface area contributed by atoms with Crippen molar-refractivity contribution >= 4 is 45.6 Å². The number of aliphatic hydroxyl groups excluding tert-OH is 1. The van der Waals surface area contributed by atoms with Crippen molar-refractivity contribution in [2.45, 2.75) is 32.7 Å². The molecule has 188 valence electrons. The summed E-state index contributed by atoms with van der Waals surface area (Å²) in [6.07, 6.45) is 1.79. The predicted molar refractivity (Wildman–Crippen MR) is 146 cm³/mol. The number of ketones is 1. The van der Waals surface area contributed by atoms with Gasteiger partial charge in [-0.2, -0.15) is 0 Å². The number of amides is 1. The highest BCUT2D eigenvalue weighted by atomic mass is 35.5. The molecule has 1 atom stereocenters. The summed E-state index contributed by atoms with van der Waals surface area (Å²) in [5.74, 6) is -1.04. The Morgan fingerprint density at radius 1 is 1.08 bits per heavy atom. The maximum absolute atomic E-state index is 13.5. The van der Waals surface area contributed by atoms with Crippen LogP contribution in [0.15, 0.2) is 78.5 Å². The first-order chi connectivity index (χ1) is 17.8. The monoisotopic (exact) mass is 514 g/mol. The number of ether oxygens (including phenoxy) is 1. The molecule has 6 nitrogen and oxygen atoms in total. The van der Waals surface area contributed by atoms with Crippen LogP contribution in [0.2, 0.25) is 5.02 Å². The van der Waals surface area contributed by atoms with Crippen molar-refractivity contribution in [3.8, 4) is 5.75 Å². The molecule has 0 spiro atoms. The van der Waals surface area contributed by atoms with Crippen LogP contribution in [0.3, 0.4) is 0 Å². The highest BCUT2D eigenvalue weighted by molar-refractivity contribution is 6.52. The van der Waals surface area contributed by atoms with E-state index < -0.39 is 17.7 Å². The van der Waals surface area contributed by atoms with Gasteiger partial charge < -0.3 is 14.8 Å². The smallest absolute Gasteiger partial charge is 0.300 e. The van der Waals surface area contributed by atoms with Gasteiger partial charge in [-0.15, -0.1) is 0 Å². The second-order valence-corrected chi connectivity index (χ2v) is 9.69. The van der Waals surface area contributed by atoms with Gasteiger partial charge in [0.25, 0.3) is 11.7 Å². The molecule has 4 aromatic rings. The van der Waals surface area contributed by atoms with E-state index in [4.69, 9.17) is 16.3 Å². The molecule has 7 heteroatoms. The molecule has 3 aromatic carbocycles. The lowest BCUT2D eigenvalue weighted by Gasteiger charge is -2.25. The van der Waals surface area contributed by atoms with Crippen molar-refractivity contribution in [1.82, 2.24) is 4.98 Å². The number of aliphatic hydroxyl groups is 1. The number of benzene rings is 3. The minimum absolute atomic E-state index is 0.00691. The van der Waals surface area contributed by atoms with Crippen LogP contribution in [-0.2, 0) is 9.59 Å². The number of nitrogens with zero attached hydrogens (tertiary/aromatic N) is 1. The molecule has 1 amide bonds. The molecule has 0 aliphatic carbocycles. The third-order valence-corrected chi connectivity index (χ3v) is 7.01. The standard InChI is InChI=1S/C30H27ClN2O4/c1-4-37-25-15-19(11-14-23(25)31)28(34)26-27(22-16-32-24-8-6-5-7-21(22)24)33(30(36)29(26)35)20-12-9-18(10-13-20)17(2)3/h5-17,27,32,34H,4H2,1-3H3/b28-26+. The summed E-state index contributed by atoms with van der Waals surface area (Å²) in [5.41, 5.74) is 3.62. The summed E-state index contributed by atoms with van der Waals surface area (Å²) in [5, 5.41) is 12.7. The molecule has 1 aromatic heterocycles. The largest absolute Gasteiger partial charge is 0.507 e. The van der Waals surface area contributed by atoms with Gasteiger partial charge >= 0.3 is 0 Å². The van der Waals surface area contributed by atoms with E-state index in [0.717, 1.165) is 16.5 Å². The molecule has 0 saturated carbocycles. The summed E-state index contributed by atoms with van der Waals surface area (Å²) < 4.78 is 5.58. The van der Waals surface area contributed by atoms with Gasteiger partial charge in [0.05, 0.1) is 23.2 Å². The number of rotatable bonds is 6. The van der Waals surface area contributed by atoms with Crippen LogP contribution >= 0.6 is 11.6 Å². The average molecular weight is 515 g/mol. The highest BCUT2D eigenvalue weighted by Gasteiger charge is 2.47. The van der Waals surface area contributed by atoms with Gasteiger partial charge in [0.2, 0.25) is 0 Å². The van der Waals surface area contributed by atoms with Crippen molar-refractivity contribution < 1.29 is 19.4 Å². The van der Waals surface area contributed by atoms with E-state index in [1.807, 2.05) is 55.5 Å². The first-order valence-electron chi connectivity index (χ1n) is 12.2. The number of hydrogen-bond acceptors (Lipinski definition) is 4. The molecule has 1 aliphatic heterocycles. The summed E-state index contributed by atoms with van der Waals surface area (Å²) in [4.78, 5) is 31.7. The third-order valence-electron chi connectivity index (χ3n) is 6.70. The van der Waals surface area contributed by atoms with Gasteiger partial charge in [-0.25, -0.2) is 0 Å². The first-order valence-corrected chi connectivity index (χ1v) is 12.6. The fraction of sp³-hybridized carbons (Fsp3) is 0.200. The Labute approximate surface area is 220 Å². The maximum atomic E-state index is 13.5. The number of fused-ring (bicyclic) bond motifs is 1. The van der Waals surface area contributed by atoms with Gasteiger partial charge in [-0.05, 0) is 54.8 Å². The third kappa shape index (κ3) is 4.27. The number of Topliss-reactive ketones (excluding diaryl/α,β-unsaturated/α-hetero) is 1. The summed E-state index contributed by atoms with van der Waals surface area (Å²) >= 11 is 6.25. The van der Waals surface area contributed by atoms with Crippen LogP contribution in [-0.4, -0.2) is 28.4 Å². The van der Waals surface area contributed by atoms with E-state index in [2.05, 4.69) is 18.8 Å². The molecule has 0 bridgehead atoms. The van der Waals surface area contributed by atoms with Crippen molar-refractivity contribution in [2.24, 2.45) is 0 Å². The number of carbonyl (C=O) groups excluding carboxylic acids is 2. The number of anilines is 1. The zero-order chi connectivity index (χ0) is 26.3. The Morgan fingerprint density at radius 3 is 2.51 bits per heavy atom. The van der Waals surface area contributed by atoms with Gasteiger partial charge in [-0.3, -0.25) is 14.5 Å². The highest BCUT2D eigenvalue weighted by Crippen LogP contribution is 2.45. The second kappa shape index (κ2) is 9.79. The van der Waals surface area contributed by atoms with Gasteiger partial charge in [0, 0.05) is 33.9 Å². The summed E-state index contributed by atoms with van der Waals surface area (Å²) in [6, 6.07) is 19.2. The van der Waals surface area contributed by atoms with Crippen LogP contribution in [0, 0.1) is 0 Å². The minimum Gasteiger partial charge on any atom is -0.507 e. The van der Waals surface area contributed by atoms with Crippen LogP contribution in [0.5, 0.6) is 5.75 Å². The van der Waals surface area contributed by atoms with Crippen LogP contribution < -0.4 is 9.64 Å². The van der Waals surface area contributed by atoms with Crippen molar-refractivity contribution in [1.29, 1.82) is 0 Å². The van der Waals surface area contributed by atoms with Crippen molar-refractivity contribution in [2.75, 3.05) is 11.5 Å². The number of H-pyrrole nitrogens is 1. The van der Waals surface area contributed by atoms with E-state index in [1.165, 1.54) is 4.90 Å². The number of hydrogen-bond donors (Lipinski definition) is 2. The normalized spacial score (nSPS) is 17.2. The van der Waals surface area contributed by atoms with E-state index in [1.54, 1.807) is 24.4 Å². The number of halogens is 1. The quantitative estimate of drug-likeness (QED) is 0.165. The molecular weight excluding hydrogens is 488 g/mol. The number of nitrogens with one attached hydrogen (secondary N) is 1. The van der Waals surface area contributed by atoms with Gasteiger partial charge in [0.1, 0.15) is 11.5 Å². The fourth-order valence-electron chi connectivity index (χ4n) is 4.81. The van der Waals surface area contributed by atoms with Crippen LogP contribution in [0.4, 0.5) is 5.69 Å². The lowest BCUT2D eigenvalue weighted by atomic mass is 9.94. The molecular formula is C30H27ClN2O4. The number of aromatic amines is 1. The zero-order valence-electron chi connectivity index (χ0n) is 20.8. The molecule has 37 heavy (non-hydrogen) atoms. The van der Waals surface area contributed by atoms with Crippen molar-refractivity contribution in [3.05, 3.63) is 100 Å². The fourth-order valence-corrected chi connectivity index (χ4v) is 4.98. The summed E-state index contributed by atoms with van der Waals surface area (Å²) in [6.45, 7) is 6.40. The number of carbonyl (C=O) groups is 2. The van der Waals surface area contributed by atoms with E-state index in [9.17, 15) is 14.7 Å². The topological polar surface area (TPSA) is 82.6 Å². The van der Waals surface area contributed by atoms with Crippen LogP contribution in [0.25, 0.3) is 16.7 Å². The molecule has 1 fully saturated rings. The van der Waals surface area contributed by atoms with Gasteiger partial charge in [-0.1, -0.05) is 55.8 Å². The number of aromatic nitrogens is 1. The Kier molecular flexibility index (Phi) is 6.52. The van der Waals surface area contributed by atoms with E-state index in [-0.39, 0.29) is 11.3 Å². The molecule has 1 unspecified atom stereocenters. The lowest BCUT2D eigenvalue weighted by Crippen LogP contribution is -2.29. The molecule has 1 saturated heterocycles. The molecule has 5 rings (SSSR count). The first kappa shape index (κ1) is 24.7. The zero-order valence-corrected chi connectivity index (χ0v) is 21.5. The Balaban J connectivity index is 1.73. The molecule has 2 heterocycles.